The van der Waals surface area contributed by atoms with Crippen molar-refractivity contribution in [2.75, 3.05) is 5.32 Å². The van der Waals surface area contributed by atoms with Crippen LogP contribution >= 0.6 is 15.9 Å². The van der Waals surface area contributed by atoms with Gasteiger partial charge in [-0.1, -0.05) is 15.9 Å². The highest BCUT2D eigenvalue weighted by Crippen LogP contribution is 2.14. The highest BCUT2D eigenvalue weighted by Gasteiger charge is 2.09. The molecule has 1 aromatic heterocycles. The van der Waals surface area contributed by atoms with E-state index in [-0.39, 0.29) is 12.1 Å². The number of anilines is 1. The Kier molecular flexibility index (Phi) is 5.18. The van der Waals surface area contributed by atoms with E-state index in [4.69, 9.17) is 9.68 Å². The van der Waals surface area contributed by atoms with Crippen molar-refractivity contribution in [1.29, 1.82) is 5.26 Å². The molecule has 0 aliphatic heterocycles. The van der Waals surface area contributed by atoms with Crippen LogP contribution in [0.1, 0.15) is 5.76 Å². The van der Waals surface area contributed by atoms with Gasteiger partial charge in [0.1, 0.15) is 17.4 Å². The number of nitrogens with zero attached hydrogens (tertiary/aromatic N) is 1. The van der Waals surface area contributed by atoms with Gasteiger partial charge in [0.15, 0.2) is 0 Å². The van der Waals surface area contributed by atoms with Crippen LogP contribution in [-0.4, -0.2) is 5.91 Å². The molecule has 0 spiro atoms. The standard InChI is InChI=1S/C15H12BrN3O2/c16-12-3-5-13(6-4-12)18-9-11(8-17)15(20)19-10-14-2-1-7-21-14/h1-7,9,18H,10H2,(H,19,20). The highest BCUT2D eigenvalue weighted by atomic mass is 79.9. The number of halogens is 1. The molecule has 0 aliphatic rings. The Hall–Kier alpha value is -2.52. The molecule has 21 heavy (non-hydrogen) atoms. The van der Waals surface area contributed by atoms with Crippen molar-refractivity contribution in [2.24, 2.45) is 0 Å². The second-order valence-electron chi connectivity index (χ2n) is 4.08. The molecule has 1 aromatic carbocycles. The Labute approximate surface area is 130 Å². The summed E-state index contributed by atoms with van der Waals surface area (Å²) in [5, 5.41) is 14.5. The van der Waals surface area contributed by atoms with Crippen LogP contribution in [0.15, 0.2) is 63.3 Å². The van der Waals surface area contributed by atoms with Crippen molar-refractivity contribution >= 4 is 27.5 Å². The number of nitrogens with one attached hydrogen (secondary N) is 2. The van der Waals surface area contributed by atoms with Crippen LogP contribution in [0.25, 0.3) is 0 Å². The molecule has 0 fully saturated rings. The molecule has 1 amide bonds. The van der Waals surface area contributed by atoms with Gasteiger partial charge in [-0.05, 0) is 36.4 Å². The molecule has 0 unspecified atom stereocenters. The lowest BCUT2D eigenvalue weighted by Gasteiger charge is -2.04. The monoisotopic (exact) mass is 345 g/mol. The molecule has 0 aliphatic carbocycles. The fraction of sp³-hybridized carbons (Fsp3) is 0.0667. The zero-order valence-electron chi connectivity index (χ0n) is 11.0. The molecule has 106 valence electrons. The number of furan rings is 1. The van der Waals surface area contributed by atoms with Crippen molar-refractivity contribution in [3.63, 3.8) is 0 Å². The van der Waals surface area contributed by atoms with E-state index in [1.807, 2.05) is 30.3 Å². The molecule has 0 saturated heterocycles. The summed E-state index contributed by atoms with van der Waals surface area (Å²) in [6.07, 6.45) is 2.90. The summed E-state index contributed by atoms with van der Waals surface area (Å²) in [5.74, 6) is 0.167. The van der Waals surface area contributed by atoms with Gasteiger partial charge in [0.2, 0.25) is 0 Å². The minimum absolute atomic E-state index is 0.00975. The zero-order valence-corrected chi connectivity index (χ0v) is 12.6. The number of nitriles is 1. The van der Waals surface area contributed by atoms with E-state index in [9.17, 15) is 4.79 Å². The molecule has 1 heterocycles. The van der Waals surface area contributed by atoms with Gasteiger partial charge in [0.05, 0.1) is 12.8 Å². The van der Waals surface area contributed by atoms with Crippen LogP contribution in [-0.2, 0) is 11.3 Å². The number of hydrogen-bond donors (Lipinski definition) is 2. The van der Waals surface area contributed by atoms with Gasteiger partial charge in [0.25, 0.3) is 5.91 Å². The Balaban J connectivity index is 1.94. The SMILES string of the molecule is N#CC(=CNc1ccc(Br)cc1)C(=O)NCc1ccco1. The Bertz CT molecular complexity index is 670. The van der Waals surface area contributed by atoms with Crippen molar-refractivity contribution < 1.29 is 9.21 Å². The van der Waals surface area contributed by atoms with Crippen LogP contribution < -0.4 is 10.6 Å². The summed E-state index contributed by atoms with van der Waals surface area (Å²) in [4.78, 5) is 11.9. The first-order valence-electron chi connectivity index (χ1n) is 6.12. The van der Waals surface area contributed by atoms with Crippen molar-refractivity contribution in [1.82, 2.24) is 5.32 Å². The second-order valence-corrected chi connectivity index (χ2v) is 5.00. The molecule has 0 atom stereocenters. The first-order valence-corrected chi connectivity index (χ1v) is 6.91. The molecule has 0 radical (unpaired) electrons. The average molecular weight is 346 g/mol. The maximum Gasteiger partial charge on any atom is 0.263 e. The number of amides is 1. The van der Waals surface area contributed by atoms with Gasteiger partial charge >= 0.3 is 0 Å². The van der Waals surface area contributed by atoms with Crippen LogP contribution in [0.4, 0.5) is 5.69 Å². The fourth-order valence-corrected chi connectivity index (χ4v) is 1.79. The Morgan fingerprint density at radius 2 is 2.10 bits per heavy atom. The molecule has 0 saturated carbocycles. The van der Waals surface area contributed by atoms with Gasteiger partial charge in [-0.15, -0.1) is 0 Å². The van der Waals surface area contributed by atoms with Crippen molar-refractivity contribution in [3.8, 4) is 6.07 Å². The number of hydrogen-bond acceptors (Lipinski definition) is 4. The van der Waals surface area contributed by atoms with Crippen LogP contribution in [0.5, 0.6) is 0 Å². The molecule has 2 rings (SSSR count). The third-order valence-electron chi connectivity index (χ3n) is 2.60. The van der Waals surface area contributed by atoms with E-state index >= 15 is 0 Å². The predicted octanol–water partition coefficient (Wildman–Crippen LogP) is 3.18. The van der Waals surface area contributed by atoms with Crippen LogP contribution in [0.2, 0.25) is 0 Å². The second kappa shape index (κ2) is 7.31. The first kappa shape index (κ1) is 14.9. The third-order valence-corrected chi connectivity index (χ3v) is 3.12. The summed E-state index contributed by atoms with van der Waals surface area (Å²) in [6, 6.07) is 12.7. The van der Waals surface area contributed by atoms with Gasteiger partial charge in [0, 0.05) is 16.4 Å². The fourth-order valence-electron chi connectivity index (χ4n) is 1.53. The molecule has 2 aromatic rings. The zero-order chi connectivity index (χ0) is 15.1. The maximum atomic E-state index is 11.9. The van der Waals surface area contributed by atoms with Crippen molar-refractivity contribution in [3.05, 3.63) is 64.7 Å². The molecule has 2 N–H and O–H groups in total. The number of carbonyl (C=O) groups excluding carboxylic acids is 1. The minimum Gasteiger partial charge on any atom is -0.467 e. The van der Waals surface area contributed by atoms with E-state index in [0.29, 0.717) is 5.76 Å². The normalized spacial score (nSPS) is 10.8. The van der Waals surface area contributed by atoms with Gasteiger partial charge in [-0.2, -0.15) is 5.26 Å². The highest BCUT2D eigenvalue weighted by molar-refractivity contribution is 9.10. The summed E-state index contributed by atoms with van der Waals surface area (Å²) >= 11 is 3.33. The minimum atomic E-state index is -0.460. The molecular formula is C15H12BrN3O2. The van der Waals surface area contributed by atoms with Gasteiger partial charge in [-0.25, -0.2) is 0 Å². The lowest BCUT2D eigenvalue weighted by molar-refractivity contribution is -0.117. The lowest BCUT2D eigenvalue weighted by atomic mass is 10.2. The van der Waals surface area contributed by atoms with Crippen molar-refractivity contribution in [2.45, 2.75) is 6.54 Å². The van der Waals surface area contributed by atoms with E-state index in [2.05, 4.69) is 26.6 Å². The summed E-state index contributed by atoms with van der Waals surface area (Å²) in [6.45, 7) is 0.239. The first-order chi connectivity index (χ1) is 10.2. The number of benzene rings is 1. The van der Waals surface area contributed by atoms with Crippen LogP contribution in [0, 0.1) is 11.3 Å². The molecule has 5 nitrogen and oxygen atoms in total. The predicted molar refractivity (Wildman–Crippen MR) is 82.0 cm³/mol. The summed E-state index contributed by atoms with van der Waals surface area (Å²) < 4.78 is 6.05. The third kappa shape index (κ3) is 4.51. The molecular weight excluding hydrogens is 334 g/mol. The average Bonchev–Trinajstić information content (AvgIpc) is 3.01. The van der Waals surface area contributed by atoms with Gasteiger partial charge < -0.3 is 15.1 Å². The number of rotatable bonds is 5. The lowest BCUT2D eigenvalue weighted by Crippen LogP contribution is -2.24. The summed E-state index contributed by atoms with van der Waals surface area (Å²) in [5.41, 5.74) is 0.772. The Morgan fingerprint density at radius 1 is 1.33 bits per heavy atom. The number of carbonyl (C=O) groups is 1. The van der Waals surface area contributed by atoms with E-state index in [1.165, 1.54) is 12.5 Å². The largest absolute Gasteiger partial charge is 0.467 e. The molecule has 0 bridgehead atoms. The van der Waals surface area contributed by atoms with E-state index < -0.39 is 5.91 Å². The Morgan fingerprint density at radius 3 is 2.71 bits per heavy atom. The van der Waals surface area contributed by atoms with Crippen LogP contribution in [0.3, 0.4) is 0 Å². The quantitative estimate of drug-likeness (QED) is 0.644. The molecule has 6 heteroatoms. The van der Waals surface area contributed by atoms with E-state index in [1.54, 1.807) is 12.1 Å². The van der Waals surface area contributed by atoms with Gasteiger partial charge in [-0.3, -0.25) is 4.79 Å². The topological polar surface area (TPSA) is 78.1 Å². The summed E-state index contributed by atoms with van der Waals surface area (Å²) in [7, 11) is 0. The van der Waals surface area contributed by atoms with E-state index in [0.717, 1.165) is 10.2 Å². The maximum absolute atomic E-state index is 11.9. The smallest absolute Gasteiger partial charge is 0.263 e.